The second kappa shape index (κ2) is 9.48. The fraction of sp³-hybridized carbons (Fsp3) is 0.222. The molecule has 2 aromatic heterocycles. The molecule has 2 heterocycles. The lowest BCUT2D eigenvalue weighted by molar-refractivity contribution is -0.118. The molecule has 0 saturated carbocycles. The Hall–Kier alpha value is -2.98. The van der Waals surface area contributed by atoms with Gasteiger partial charge in [-0.25, -0.2) is 0 Å². The van der Waals surface area contributed by atoms with E-state index in [4.69, 9.17) is 25.5 Å². The number of halogens is 1. The molecule has 0 aliphatic heterocycles. The summed E-state index contributed by atoms with van der Waals surface area (Å²) in [7, 11) is 3.30. The van der Waals surface area contributed by atoms with E-state index >= 15 is 0 Å². The molecule has 11 heteroatoms. The van der Waals surface area contributed by atoms with Crippen molar-refractivity contribution in [1.29, 1.82) is 0 Å². The summed E-state index contributed by atoms with van der Waals surface area (Å²) >= 11 is 7.31. The summed E-state index contributed by atoms with van der Waals surface area (Å²) in [6, 6.07) is 6.14. The number of hydrogen-bond donors (Lipinski definition) is 1. The second-order valence-corrected chi connectivity index (χ2v) is 7.15. The van der Waals surface area contributed by atoms with Crippen molar-refractivity contribution in [2.75, 3.05) is 19.0 Å². The summed E-state index contributed by atoms with van der Waals surface area (Å²) < 4.78 is 17.6. The number of carbonyl (C=O) groups excluding carboxylic acids is 1. The van der Waals surface area contributed by atoms with Gasteiger partial charge in [0.05, 0.1) is 18.6 Å². The van der Waals surface area contributed by atoms with Crippen LogP contribution < -0.4 is 20.2 Å². The van der Waals surface area contributed by atoms with Gasteiger partial charge in [-0.15, -0.1) is 10.2 Å². The SMILES string of the molecule is COc1ccc(Cl)cc1NC(=O)COc1coc(CSc2nncn2C)cc1=O. The van der Waals surface area contributed by atoms with Gasteiger partial charge in [0.1, 0.15) is 24.1 Å². The number of aryl methyl sites for hydroxylation is 1. The molecule has 1 amide bonds. The fourth-order valence-corrected chi connectivity index (χ4v) is 3.22. The smallest absolute Gasteiger partial charge is 0.262 e. The molecule has 3 aromatic rings. The summed E-state index contributed by atoms with van der Waals surface area (Å²) in [6.07, 6.45) is 2.77. The van der Waals surface area contributed by atoms with Crippen molar-refractivity contribution in [3.8, 4) is 11.5 Å². The van der Waals surface area contributed by atoms with E-state index in [0.29, 0.717) is 33.1 Å². The quantitative estimate of drug-likeness (QED) is 0.537. The van der Waals surface area contributed by atoms with Gasteiger partial charge in [-0.3, -0.25) is 9.59 Å². The first-order valence-electron chi connectivity index (χ1n) is 8.31. The van der Waals surface area contributed by atoms with Crippen LogP contribution in [0.4, 0.5) is 5.69 Å². The molecule has 0 unspecified atom stereocenters. The van der Waals surface area contributed by atoms with Gasteiger partial charge in [-0.05, 0) is 18.2 Å². The monoisotopic (exact) mass is 436 g/mol. The number of benzene rings is 1. The zero-order valence-corrected chi connectivity index (χ0v) is 17.1. The van der Waals surface area contributed by atoms with Crippen LogP contribution in [0.5, 0.6) is 11.5 Å². The van der Waals surface area contributed by atoms with Crippen molar-refractivity contribution in [1.82, 2.24) is 14.8 Å². The highest BCUT2D eigenvalue weighted by molar-refractivity contribution is 7.98. The Labute approximate surface area is 175 Å². The molecule has 0 saturated heterocycles. The Morgan fingerprint density at radius 1 is 1.34 bits per heavy atom. The number of nitrogens with one attached hydrogen (secondary N) is 1. The van der Waals surface area contributed by atoms with Crippen LogP contribution in [-0.2, 0) is 17.6 Å². The van der Waals surface area contributed by atoms with Crippen molar-refractivity contribution >= 4 is 35.0 Å². The van der Waals surface area contributed by atoms with Gasteiger partial charge in [0.2, 0.25) is 11.2 Å². The Kier molecular flexibility index (Phi) is 6.78. The molecule has 3 rings (SSSR count). The molecule has 0 spiro atoms. The summed E-state index contributed by atoms with van der Waals surface area (Å²) in [5.74, 6) is 0.755. The molecule has 0 atom stereocenters. The predicted octanol–water partition coefficient (Wildman–Crippen LogP) is 2.74. The summed E-state index contributed by atoms with van der Waals surface area (Å²) in [5, 5.41) is 11.5. The molecular formula is C18H17ClN4O5S. The second-order valence-electron chi connectivity index (χ2n) is 5.77. The number of hydrogen-bond acceptors (Lipinski definition) is 8. The molecule has 0 fully saturated rings. The lowest BCUT2D eigenvalue weighted by Crippen LogP contribution is -2.22. The number of ether oxygens (including phenoxy) is 2. The first-order chi connectivity index (χ1) is 14.0. The average Bonchev–Trinajstić information content (AvgIpc) is 3.10. The Morgan fingerprint density at radius 3 is 2.86 bits per heavy atom. The normalized spacial score (nSPS) is 10.6. The molecule has 9 nitrogen and oxygen atoms in total. The third-order valence-corrected chi connectivity index (χ3v) is 4.95. The Balaban J connectivity index is 1.56. The third-order valence-electron chi connectivity index (χ3n) is 3.66. The number of thioether (sulfide) groups is 1. The zero-order valence-electron chi connectivity index (χ0n) is 15.5. The zero-order chi connectivity index (χ0) is 20.8. The minimum atomic E-state index is -0.480. The molecular weight excluding hydrogens is 420 g/mol. The van der Waals surface area contributed by atoms with Crippen molar-refractivity contribution in [2.45, 2.75) is 10.9 Å². The molecule has 1 N–H and O–H groups in total. The fourth-order valence-electron chi connectivity index (χ4n) is 2.27. The van der Waals surface area contributed by atoms with Gasteiger partial charge in [-0.1, -0.05) is 23.4 Å². The standard InChI is InChI=1S/C18H17ClN4O5S/c1-23-10-20-22-18(23)29-9-12-6-14(24)16(7-27-12)28-8-17(25)21-13-5-11(19)3-4-15(13)26-2/h3-7,10H,8-9H2,1-2H3,(H,21,25). The Bertz CT molecular complexity index is 1070. The number of carbonyl (C=O) groups is 1. The van der Waals surface area contributed by atoms with Gasteiger partial charge in [0.15, 0.2) is 11.8 Å². The number of amides is 1. The number of rotatable bonds is 8. The average molecular weight is 437 g/mol. The predicted molar refractivity (Wildman–Crippen MR) is 108 cm³/mol. The van der Waals surface area contributed by atoms with E-state index in [1.807, 2.05) is 7.05 Å². The van der Waals surface area contributed by atoms with E-state index in [1.54, 1.807) is 29.1 Å². The van der Waals surface area contributed by atoms with E-state index in [0.717, 1.165) is 0 Å². The highest BCUT2D eigenvalue weighted by Gasteiger charge is 2.12. The van der Waals surface area contributed by atoms with Crippen LogP contribution in [0.1, 0.15) is 5.76 Å². The topological polar surface area (TPSA) is 108 Å². The largest absolute Gasteiger partial charge is 0.495 e. The van der Waals surface area contributed by atoms with E-state index in [9.17, 15) is 9.59 Å². The van der Waals surface area contributed by atoms with Gasteiger partial charge in [0, 0.05) is 18.1 Å². The molecule has 0 bridgehead atoms. The molecule has 29 heavy (non-hydrogen) atoms. The van der Waals surface area contributed by atoms with Gasteiger partial charge in [0.25, 0.3) is 5.91 Å². The van der Waals surface area contributed by atoms with Crippen molar-refractivity contribution in [2.24, 2.45) is 7.05 Å². The minimum absolute atomic E-state index is 0.0642. The van der Waals surface area contributed by atoms with Crippen LogP contribution in [0.25, 0.3) is 0 Å². The van der Waals surface area contributed by atoms with E-state index in [2.05, 4.69) is 15.5 Å². The maximum Gasteiger partial charge on any atom is 0.262 e. The van der Waals surface area contributed by atoms with Crippen molar-refractivity contribution < 1.29 is 18.7 Å². The highest BCUT2D eigenvalue weighted by atomic mass is 35.5. The lowest BCUT2D eigenvalue weighted by atomic mass is 10.3. The number of aromatic nitrogens is 3. The number of methoxy groups -OCH3 is 1. The maximum absolute atomic E-state index is 12.2. The van der Waals surface area contributed by atoms with Crippen molar-refractivity contribution in [3.05, 3.63) is 57.9 Å². The third kappa shape index (κ3) is 5.52. The first kappa shape index (κ1) is 20.7. The maximum atomic E-state index is 12.2. The number of nitrogens with zero attached hydrogens (tertiary/aromatic N) is 3. The van der Waals surface area contributed by atoms with Crippen LogP contribution in [0.3, 0.4) is 0 Å². The van der Waals surface area contributed by atoms with Gasteiger partial charge >= 0.3 is 0 Å². The van der Waals surface area contributed by atoms with E-state index in [1.165, 1.54) is 31.2 Å². The Morgan fingerprint density at radius 2 is 2.17 bits per heavy atom. The molecule has 0 aliphatic rings. The highest BCUT2D eigenvalue weighted by Crippen LogP contribution is 2.27. The van der Waals surface area contributed by atoms with Gasteiger partial charge < -0.3 is 23.8 Å². The van der Waals surface area contributed by atoms with Gasteiger partial charge in [-0.2, -0.15) is 0 Å². The van der Waals surface area contributed by atoms with Crippen molar-refractivity contribution in [3.63, 3.8) is 0 Å². The molecule has 152 valence electrons. The van der Waals surface area contributed by atoms with E-state index < -0.39 is 11.3 Å². The molecule has 1 aromatic carbocycles. The molecule has 0 aliphatic carbocycles. The molecule has 0 radical (unpaired) electrons. The summed E-state index contributed by atoms with van der Waals surface area (Å²) in [5.41, 5.74) is 0.00901. The first-order valence-corrected chi connectivity index (χ1v) is 9.67. The minimum Gasteiger partial charge on any atom is -0.495 e. The summed E-state index contributed by atoms with van der Waals surface area (Å²) in [6.45, 7) is -0.381. The number of anilines is 1. The van der Waals surface area contributed by atoms with E-state index in [-0.39, 0.29) is 12.4 Å². The summed E-state index contributed by atoms with van der Waals surface area (Å²) in [4.78, 5) is 24.3. The van der Waals surface area contributed by atoms with Crippen LogP contribution in [-0.4, -0.2) is 34.4 Å². The van der Waals surface area contributed by atoms with Crippen LogP contribution in [0.15, 0.2) is 51.2 Å². The van der Waals surface area contributed by atoms with Crippen LogP contribution in [0.2, 0.25) is 5.02 Å². The lowest BCUT2D eigenvalue weighted by Gasteiger charge is -2.11. The van der Waals surface area contributed by atoms with Crippen LogP contribution >= 0.6 is 23.4 Å². The van der Waals surface area contributed by atoms with Crippen LogP contribution in [0, 0.1) is 0 Å².